The third-order valence-electron chi connectivity index (χ3n) is 11.5. The Hall–Kier alpha value is -6.26. The molecular weight excluding hydrogens is 633 g/mol. The molecule has 2 unspecified atom stereocenters. The standard InChI is InChI=1S/C48H36N4/c1-3-11-34(12-4-1)51-45-23-18-33(44-16-8-10-26-50-44)29-41(45)42-27-31-17-20-37-36(39(31)30-47(42)51)21-22-38-40-28-32(43-15-7-9-25-49-43)19-24-46(40)52(48(37)38)35-13-5-2-6-14-35/h1-8,10-16,18-19,21-24,26-30,41,45H,9,17,20,25H2. The molecule has 5 aromatic carbocycles. The first kappa shape index (κ1) is 29.5. The van der Waals surface area contributed by atoms with E-state index in [1.807, 2.05) is 12.3 Å². The van der Waals surface area contributed by atoms with Crippen molar-refractivity contribution in [2.75, 3.05) is 11.4 Å². The average molecular weight is 669 g/mol. The maximum Gasteiger partial charge on any atom is 0.0698 e. The monoisotopic (exact) mass is 668 g/mol. The van der Waals surface area contributed by atoms with Gasteiger partial charge in [-0.15, -0.1) is 0 Å². The smallest absolute Gasteiger partial charge is 0.0698 e. The van der Waals surface area contributed by atoms with Crippen molar-refractivity contribution < 1.29 is 0 Å². The summed E-state index contributed by atoms with van der Waals surface area (Å²) in [5.41, 5.74) is 17.7. The van der Waals surface area contributed by atoms with Crippen LogP contribution in [-0.2, 0) is 12.8 Å². The number of fused-ring (bicyclic) bond motifs is 10. The zero-order chi connectivity index (χ0) is 34.2. The minimum atomic E-state index is 0.203. The fraction of sp³-hybridized carbons (Fsp3) is 0.125. The summed E-state index contributed by atoms with van der Waals surface area (Å²) in [6.45, 7) is 0.855. The first-order valence-corrected chi connectivity index (χ1v) is 18.5. The summed E-state index contributed by atoms with van der Waals surface area (Å²) in [6, 6.07) is 44.9. The number of allylic oxidation sites excluding steroid dienone is 3. The molecule has 7 aromatic rings. The van der Waals surface area contributed by atoms with E-state index in [9.17, 15) is 0 Å². The van der Waals surface area contributed by atoms with Crippen molar-refractivity contribution in [3.63, 3.8) is 0 Å². The lowest BCUT2D eigenvalue weighted by Crippen LogP contribution is -2.28. The summed E-state index contributed by atoms with van der Waals surface area (Å²) in [4.78, 5) is 12.1. The Morgan fingerprint density at radius 1 is 0.692 bits per heavy atom. The topological polar surface area (TPSA) is 33.4 Å². The molecule has 0 saturated heterocycles. The van der Waals surface area contributed by atoms with Crippen molar-refractivity contribution >= 4 is 44.5 Å². The molecule has 0 N–H and O–H groups in total. The second kappa shape index (κ2) is 11.6. The Balaban J connectivity index is 1.12. The van der Waals surface area contributed by atoms with E-state index in [2.05, 4.69) is 155 Å². The summed E-state index contributed by atoms with van der Waals surface area (Å²) in [5, 5.41) is 2.58. The van der Waals surface area contributed by atoms with Crippen LogP contribution < -0.4 is 4.90 Å². The van der Waals surface area contributed by atoms with Crippen molar-refractivity contribution in [2.24, 2.45) is 4.99 Å². The van der Waals surface area contributed by atoms with E-state index in [-0.39, 0.29) is 12.0 Å². The van der Waals surface area contributed by atoms with Gasteiger partial charge in [-0.2, -0.15) is 0 Å². The fourth-order valence-electron chi connectivity index (χ4n) is 9.18. The van der Waals surface area contributed by atoms with Crippen LogP contribution in [0.2, 0.25) is 0 Å². The van der Waals surface area contributed by atoms with E-state index in [1.165, 1.54) is 77.8 Å². The second-order valence-electron chi connectivity index (χ2n) is 14.3. The van der Waals surface area contributed by atoms with Gasteiger partial charge in [-0.1, -0.05) is 91.0 Å². The van der Waals surface area contributed by atoms with Crippen LogP contribution >= 0.6 is 0 Å². The first-order valence-electron chi connectivity index (χ1n) is 18.5. The van der Waals surface area contributed by atoms with Gasteiger partial charge in [0.2, 0.25) is 0 Å². The number of rotatable bonds is 4. The number of para-hydroxylation sites is 2. The predicted octanol–water partition coefficient (Wildman–Crippen LogP) is 11.0. The second-order valence-corrected chi connectivity index (χ2v) is 14.3. The van der Waals surface area contributed by atoms with Gasteiger partial charge in [0.15, 0.2) is 0 Å². The van der Waals surface area contributed by atoms with Gasteiger partial charge >= 0.3 is 0 Å². The minimum Gasteiger partial charge on any atom is -0.333 e. The summed E-state index contributed by atoms with van der Waals surface area (Å²) >= 11 is 0. The largest absolute Gasteiger partial charge is 0.333 e. The van der Waals surface area contributed by atoms with Crippen molar-refractivity contribution in [1.82, 2.24) is 9.55 Å². The molecule has 2 aromatic heterocycles. The number of aliphatic imine (C=N–C) groups is 1. The molecule has 52 heavy (non-hydrogen) atoms. The van der Waals surface area contributed by atoms with Crippen LogP contribution in [0.3, 0.4) is 0 Å². The highest BCUT2D eigenvalue weighted by molar-refractivity contribution is 6.16. The Bertz CT molecular complexity index is 2680. The number of anilines is 2. The van der Waals surface area contributed by atoms with Gasteiger partial charge in [0.25, 0.3) is 0 Å². The fourth-order valence-corrected chi connectivity index (χ4v) is 9.18. The molecule has 2 aliphatic heterocycles. The summed E-state index contributed by atoms with van der Waals surface area (Å²) in [6.07, 6.45) is 16.4. The number of pyridine rings is 1. The maximum absolute atomic E-state index is 4.86. The van der Waals surface area contributed by atoms with Crippen LogP contribution in [0.1, 0.15) is 40.3 Å². The van der Waals surface area contributed by atoms with E-state index in [0.29, 0.717) is 0 Å². The van der Waals surface area contributed by atoms with Crippen LogP contribution in [0, 0.1) is 0 Å². The van der Waals surface area contributed by atoms with Gasteiger partial charge in [-0.05, 0) is 113 Å². The SMILES string of the molecule is C1=CC(c2ccc3c(c2)c2ccc4c(c2n3-c2ccccc2)CCc2cc3c(cc2-4)N(c2ccccc2)C2C=CC(c4ccccn4)=CC32)=NCC1. The van der Waals surface area contributed by atoms with Crippen LogP contribution in [0.25, 0.3) is 44.2 Å². The number of hydrogen-bond donors (Lipinski definition) is 0. The van der Waals surface area contributed by atoms with Gasteiger partial charge in [0.05, 0.1) is 28.5 Å². The number of aryl methyl sites for hydroxylation is 2. The third-order valence-corrected chi connectivity index (χ3v) is 11.5. The lowest BCUT2D eigenvalue weighted by Gasteiger charge is -2.30. The molecule has 0 amide bonds. The molecule has 248 valence electrons. The zero-order valence-electron chi connectivity index (χ0n) is 28.8. The lowest BCUT2D eigenvalue weighted by molar-refractivity contribution is 0.746. The molecule has 2 atom stereocenters. The summed E-state index contributed by atoms with van der Waals surface area (Å²) < 4.78 is 2.50. The summed E-state index contributed by atoms with van der Waals surface area (Å²) in [7, 11) is 0. The third kappa shape index (κ3) is 4.47. The van der Waals surface area contributed by atoms with Crippen LogP contribution in [0.4, 0.5) is 11.4 Å². The number of nitrogens with zero attached hydrogens (tertiary/aromatic N) is 4. The Morgan fingerprint density at radius 3 is 2.35 bits per heavy atom. The van der Waals surface area contributed by atoms with Crippen LogP contribution in [0.5, 0.6) is 0 Å². The molecule has 4 aliphatic rings. The van der Waals surface area contributed by atoms with Crippen molar-refractivity contribution in [3.05, 3.63) is 186 Å². The Morgan fingerprint density at radius 2 is 1.54 bits per heavy atom. The Labute approximate surface area is 303 Å². The van der Waals surface area contributed by atoms with E-state index in [4.69, 9.17) is 9.98 Å². The lowest BCUT2D eigenvalue weighted by atomic mass is 9.81. The van der Waals surface area contributed by atoms with Crippen LogP contribution in [-0.4, -0.2) is 27.8 Å². The highest BCUT2D eigenvalue weighted by atomic mass is 15.2. The molecule has 2 aliphatic carbocycles. The maximum atomic E-state index is 4.86. The number of aromatic nitrogens is 2. The van der Waals surface area contributed by atoms with Crippen molar-refractivity contribution in [1.29, 1.82) is 0 Å². The van der Waals surface area contributed by atoms with Crippen molar-refractivity contribution in [2.45, 2.75) is 31.2 Å². The molecule has 0 fully saturated rings. The molecule has 4 nitrogen and oxygen atoms in total. The minimum absolute atomic E-state index is 0.203. The Kier molecular flexibility index (Phi) is 6.60. The van der Waals surface area contributed by atoms with Gasteiger partial charge < -0.3 is 9.47 Å². The normalized spacial score (nSPS) is 18.5. The van der Waals surface area contributed by atoms with Gasteiger partial charge in [-0.25, -0.2) is 0 Å². The average Bonchev–Trinajstić information content (AvgIpc) is 3.73. The zero-order valence-corrected chi connectivity index (χ0v) is 28.8. The molecule has 0 bridgehead atoms. The van der Waals surface area contributed by atoms with Crippen molar-refractivity contribution in [3.8, 4) is 16.8 Å². The molecule has 11 rings (SSSR count). The molecule has 4 heterocycles. The quantitative estimate of drug-likeness (QED) is 0.187. The number of benzene rings is 5. The van der Waals surface area contributed by atoms with Crippen LogP contribution in [0.15, 0.2) is 163 Å². The first-order chi connectivity index (χ1) is 25.8. The number of dihydropyridines is 1. The van der Waals surface area contributed by atoms with Gasteiger partial charge in [0, 0.05) is 52.1 Å². The molecule has 0 saturated carbocycles. The molecule has 0 spiro atoms. The molecule has 4 heteroatoms. The van der Waals surface area contributed by atoms with E-state index in [1.54, 1.807) is 0 Å². The van der Waals surface area contributed by atoms with E-state index in [0.717, 1.165) is 37.2 Å². The molecule has 0 radical (unpaired) electrons. The van der Waals surface area contributed by atoms with E-state index < -0.39 is 0 Å². The molecular formula is C48H36N4. The van der Waals surface area contributed by atoms with Gasteiger partial charge in [0.1, 0.15) is 0 Å². The predicted molar refractivity (Wildman–Crippen MR) is 215 cm³/mol. The highest BCUT2D eigenvalue weighted by Gasteiger charge is 2.40. The van der Waals surface area contributed by atoms with E-state index >= 15 is 0 Å². The highest BCUT2D eigenvalue weighted by Crippen LogP contribution is 2.52. The summed E-state index contributed by atoms with van der Waals surface area (Å²) in [5.74, 6) is 0.241. The number of hydrogen-bond acceptors (Lipinski definition) is 3. The van der Waals surface area contributed by atoms with Gasteiger partial charge in [-0.3, -0.25) is 9.98 Å².